The number of hydrogen-bond acceptors (Lipinski definition) is 4. The number of nitrogens with zero attached hydrogens (tertiary/aromatic N) is 2. The zero-order valence-electron chi connectivity index (χ0n) is 11.0. The van der Waals surface area contributed by atoms with Crippen LogP contribution in [0, 0.1) is 0 Å². The Bertz CT molecular complexity index is 358. The molecule has 0 aromatic carbocycles. The summed E-state index contributed by atoms with van der Waals surface area (Å²) in [6.07, 6.45) is 4.97. The molecular formula is C13H22N2OS. The molecular weight excluding hydrogens is 232 g/mol. The summed E-state index contributed by atoms with van der Waals surface area (Å²) < 4.78 is 0. The second kappa shape index (κ2) is 5.04. The maximum absolute atomic E-state index is 9.77. The number of aliphatic hydroxyl groups is 1. The predicted molar refractivity (Wildman–Crippen MR) is 71.4 cm³/mol. The minimum absolute atomic E-state index is 0.633. The topological polar surface area (TPSA) is 36.4 Å². The Kier molecular flexibility index (Phi) is 3.85. The molecule has 0 unspecified atom stereocenters. The molecule has 0 saturated heterocycles. The van der Waals surface area contributed by atoms with Crippen molar-refractivity contribution in [2.75, 3.05) is 13.6 Å². The van der Waals surface area contributed by atoms with Gasteiger partial charge in [-0.2, -0.15) is 0 Å². The molecule has 0 saturated carbocycles. The monoisotopic (exact) mass is 254 g/mol. The van der Waals surface area contributed by atoms with Crippen LogP contribution in [0.5, 0.6) is 0 Å². The van der Waals surface area contributed by atoms with Gasteiger partial charge >= 0.3 is 0 Å². The van der Waals surface area contributed by atoms with Crippen LogP contribution in [0.2, 0.25) is 0 Å². The van der Waals surface area contributed by atoms with E-state index in [1.165, 1.54) is 34.8 Å². The molecule has 0 spiro atoms. The third-order valence-corrected chi connectivity index (χ3v) is 4.09. The van der Waals surface area contributed by atoms with Gasteiger partial charge in [-0.1, -0.05) is 0 Å². The van der Waals surface area contributed by atoms with E-state index >= 15 is 0 Å². The van der Waals surface area contributed by atoms with Gasteiger partial charge in [-0.05, 0) is 46.6 Å². The van der Waals surface area contributed by atoms with Crippen LogP contribution in [0.3, 0.4) is 0 Å². The van der Waals surface area contributed by atoms with Crippen LogP contribution >= 0.6 is 11.3 Å². The summed E-state index contributed by atoms with van der Waals surface area (Å²) >= 11 is 1.86. The SMILES string of the molecule is CN(Cc1nc2c(s1)CCCC2)CC(C)(C)O. The lowest BCUT2D eigenvalue weighted by atomic mass is 10.0. The molecule has 17 heavy (non-hydrogen) atoms. The number of rotatable bonds is 4. The lowest BCUT2D eigenvalue weighted by molar-refractivity contribution is 0.0424. The Morgan fingerprint density at radius 1 is 1.35 bits per heavy atom. The van der Waals surface area contributed by atoms with Crippen molar-refractivity contribution in [2.45, 2.75) is 51.7 Å². The van der Waals surface area contributed by atoms with Gasteiger partial charge in [0.15, 0.2) is 0 Å². The quantitative estimate of drug-likeness (QED) is 0.895. The lowest BCUT2D eigenvalue weighted by Gasteiger charge is -2.24. The summed E-state index contributed by atoms with van der Waals surface area (Å²) in [5.41, 5.74) is 0.693. The Balaban J connectivity index is 1.97. The normalized spacial score (nSPS) is 16.3. The molecule has 0 amide bonds. The first-order chi connectivity index (χ1) is 7.94. The van der Waals surface area contributed by atoms with Crippen molar-refractivity contribution in [3.63, 3.8) is 0 Å². The van der Waals surface area contributed by atoms with Crippen LogP contribution in [0.15, 0.2) is 0 Å². The molecule has 1 heterocycles. The number of aryl methyl sites for hydroxylation is 2. The van der Waals surface area contributed by atoms with Gasteiger partial charge in [-0.15, -0.1) is 11.3 Å². The summed E-state index contributed by atoms with van der Waals surface area (Å²) in [5, 5.41) is 11.0. The maximum Gasteiger partial charge on any atom is 0.107 e. The third-order valence-electron chi connectivity index (χ3n) is 2.95. The van der Waals surface area contributed by atoms with E-state index in [1.807, 2.05) is 32.2 Å². The van der Waals surface area contributed by atoms with Crippen molar-refractivity contribution < 1.29 is 5.11 Å². The zero-order chi connectivity index (χ0) is 12.5. The smallest absolute Gasteiger partial charge is 0.107 e. The molecule has 0 radical (unpaired) electrons. The third kappa shape index (κ3) is 3.76. The molecule has 1 N–H and O–H groups in total. The predicted octanol–water partition coefficient (Wildman–Crippen LogP) is 2.22. The van der Waals surface area contributed by atoms with Crippen LogP contribution < -0.4 is 0 Å². The highest BCUT2D eigenvalue weighted by molar-refractivity contribution is 7.11. The van der Waals surface area contributed by atoms with Crippen LogP contribution in [0.1, 0.15) is 42.3 Å². The Morgan fingerprint density at radius 3 is 2.71 bits per heavy atom. The first-order valence-corrected chi connectivity index (χ1v) is 7.14. The first-order valence-electron chi connectivity index (χ1n) is 6.32. The van der Waals surface area contributed by atoms with Gasteiger partial charge in [0, 0.05) is 11.4 Å². The van der Waals surface area contributed by atoms with Crippen LogP contribution in [-0.2, 0) is 19.4 Å². The second-order valence-electron chi connectivity index (χ2n) is 5.67. The standard InChI is InChI=1S/C13H22N2OS/c1-13(2,16)9-15(3)8-12-14-10-6-4-5-7-11(10)17-12/h16H,4-9H2,1-3H3. The number of aromatic nitrogens is 1. The Labute approximate surface area is 107 Å². The number of fused-ring (bicyclic) bond motifs is 1. The molecule has 3 nitrogen and oxygen atoms in total. The van der Waals surface area contributed by atoms with E-state index in [9.17, 15) is 5.11 Å². The van der Waals surface area contributed by atoms with Crippen LogP contribution in [-0.4, -0.2) is 34.2 Å². The minimum Gasteiger partial charge on any atom is -0.389 e. The molecule has 96 valence electrons. The summed E-state index contributed by atoms with van der Waals surface area (Å²) in [6.45, 7) is 5.21. The fraction of sp³-hybridized carbons (Fsp3) is 0.769. The molecule has 1 aliphatic rings. The van der Waals surface area contributed by atoms with Crippen molar-refractivity contribution in [3.05, 3.63) is 15.6 Å². The van der Waals surface area contributed by atoms with Crippen molar-refractivity contribution in [1.29, 1.82) is 0 Å². The number of thiazole rings is 1. The van der Waals surface area contributed by atoms with Gasteiger partial charge in [-0.25, -0.2) is 4.98 Å². The molecule has 0 bridgehead atoms. The first kappa shape index (κ1) is 13.0. The second-order valence-corrected chi connectivity index (χ2v) is 6.84. The fourth-order valence-corrected chi connectivity index (χ4v) is 3.66. The van der Waals surface area contributed by atoms with Gasteiger partial charge in [0.25, 0.3) is 0 Å². The largest absolute Gasteiger partial charge is 0.389 e. The van der Waals surface area contributed by atoms with Gasteiger partial charge in [0.2, 0.25) is 0 Å². The van der Waals surface area contributed by atoms with E-state index in [4.69, 9.17) is 4.98 Å². The van der Waals surface area contributed by atoms with Crippen LogP contribution in [0.25, 0.3) is 0 Å². The van der Waals surface area contributed by atoms with E-state index in [0.29, 0.717) is 6.54 Å². The molecule has 1 aliphatic carbocycles. The average Bonchev–Trinajstić information content (AvgIpc) is 2.55. The maximum atomic E-state index is 9.77. The molecule has 1 aromatic heterocycles. The summed E-state index contributed by atoms with van der Waals surface area (Å²) in [7, 11) is 2.04. The van der Waals surface area contributed by atoms with E-state index in [1.54, 1.807) is 0 Å². The number of likely N-dealkylation sites (N-methyl/N-ethyl adjacent to an activating group) is 1. The summed E-state index contributed by atoms with van der Waals surface area (Å²) in [5.74, 6) is 0. The van der Waals surface area contributed by atoms with E-state index in [2.05, 4.69) is 4.90 Å². The van der Waals surface area contributed by atoms with Crippen molar-refractivity contribution in [1.82, 2.24) is 9.88 Å². The number of hydrogen-bond donors (Lipinski definition) is 1. The Hall–Kier alpha value is -0.450. The fourth-order valence-electron chi connectivity index (χ4n) is 2.42. The summed E-state index contributed by atoms with van der Waals surface area (Å²) in [6, 6.07) is 0. The zero-order valence-corrected chi connectivity index (χ0v) is 11.8. The van der Waals surface area contributed by atoms with Gasteiger partial charge in [0.1, 0.15) is 5.01 Å². The van der Waals surface area contributed by atoms with E-state index < -0.39 is 5.60 Å². The molecule has 0 aliphatic heterocycles. The summed E-state index contributed by atoms with van der Waals surface area (Å²) in [4.78, 5) is 8.35. The van der Waals surface area contributed by atoms with Crippen molar-refractivity contribution in [2.24, 2.45) is 0 Å². The van der Waals surface area contributed by atoms with Crippen LogP contribution in [0.4, 0.5) is 0 Å². The van der Waals surface area contributed by atoms with Crippen molar-refractivity contribution >= 4 is 11.3 Å². The molecule has 4 heteroatoms. The molecule has 2 rings (SSSR count). The molecule has 1 aromatic rings. The highest BCUT2D eigenvalue weighted by atomic mass is 32.1. The van der Waals surface area contributed by atoms with Crippen molar-refractivity contribution in [3.8, 4) is 0 Å². The minimum atomic E-state index is -0.633. The highest BCUT2D eigenvalue weighted by Crippen LogP contribution is 2.27. The van der Waals surface area contributed by atoms with Gasteiger partial charge < -0.3 is 5.11 Å². The lowest BCUT2D eigenvalue weighted by Crippen LogP contribution is -2.35. The van der Waals surface area contributed by atoms with E-state index in [0.717, 1.165) is 13.0 Å². The van der Waals surface area contributed by atoms with Gasteiger partial charge in [0.05, 0.1) is 17.8 Å². The Morgan fingerprint density at radius 2 is 2.06 bits per heavy atom. The van der Waals surface area contributed by atoms with Gasteiger partial charge in [-0.3, -0.25) is 4.90 Å². The molecule has 0 fully saturated rings. The molecule has 0 atom stereocenters. The average molecular weight is 254 g/mol. The van der Waals surface area contributed by atoms with E-state index in [-0.39, 0.29) is 0 Å². The highest BCUT2D eigenvalue weighted by Gasteiger charge is 2.19.